The van der Waals surface area contributed by atoms with Crippen LogP contribution in [0.15, 0.2) is 30.3 Å². The van der Waals surface area contributed by atoms with Crippen LogP contribution < -0.4 is 0 Å². The van der Waals surface area contributed by atoms with Gasteiger partial charge in [0.15, 0.2) is 0 Å². The summed E-state index contributed by atoms with van der Waals surface area (Å²) in [5, 5.41) is 10.0. The van der Waals surface area contributed by atoms with Crippen molar-refractivity contribution in [3.8, 4) is 11.8 Å². The summed E-state index contributed by atoms with van der Waals surface area (Å²) in [6.45, 7) is 5.64. The van der Waals surface area contributed by atoms with E-state index in [2.05, 4.69) is 11.8 Å². The Bertz CT molecular complexity index is 597. The average molecular weight is 330 g/mol. The van der Waals surface area contributed by atoms with Crippen molar-refractivity contribution in [1.82, 2.24) is 0 Å². The minimum atomic E-state index is -0.917. The van der Waals surface area contributed by atoms with Crippen molar-refractivity contribution < 1.29 is 19.4 Å². The third-order valence-corrected chi connectivity index (χ3v) is 4.31. The van der Waals surface area contributed by atoms with E-state index in [0.29, 0.717) is 6.61 Å². The number of benzene rings is 1. The smallest absolute Gasteiger partial charge is 0.315 e. The van der Waals surface area contributed by atoms with E-state index < -0.39 is 17.6 Å². The largest absolute Gasteiger partial charge is 0.465 e. The SMILES string of the molecule is CCOC(=O)C(C)(C)[C@H](C#Cc1ccccc1)O[C@H]1CCC[C@H]1O. The van der Waals surface area contributed by atoms with Crippen LogP contribution >= 0.6 is 0 Å². The highest BCUT2D eigenvalue weighted by Crippen LogP contribution is 2.30. The zero-order valence-corrected chi connectivity index (χ0v) is 14.6. The fourth-order valence-corrected chi connectivity index (χ4v) is 2.72. The van der Waals surface area contributed by atoms with Gasteiger partial charge in [-0.1, -0.05) is 30.0 Å². The third kappa shape index (κ3) is 4.59. The molecule has 4 heteroatoms. The summed E-state index contributed by atoms with van der Waals surface area (Å²) in [5.41, 5.74) is -0.0576. The van der Waals surface area contributed by atoms with Crippen molar-refractivity contribution >= 4 is 5.97 Å². The molecule has 0 aliphatic heterocycles. The molecule has 2 rings (SSSR count). The van der Waals surface area contributed by atoms with Gasteiger partial charge in [-0.15, -0.1) is 0 Å². The Morgan fingerprint density at radius 2 is 2.04 bits per heavy atom. The van der Waals surface area contributed by atoms with E-state index in [-0.39, 0.29) is 12.1 Å². The molecular formula is C20H26O4. The van der Waals surface area contributed by atoms with Crippen LogP contribution in [0.25, 0.3) is 0 Å². The molecule has 0 aromatic heterocycles. The van der Waals surface area contributed by atoms with Crippen LogP contribution in [0.4, 0.5) is 0 Å². The van der Waals surface area contributed by atoms with E-state index in [1.54, 1.807) is 20.8 Å². The first-order valence-electron chi connectivity index (χ1n) is 8.52. The number of carbonyl (C=O) groups excluding carboxylic acids is 1. The topological polar surface area (TPSA) is 55.8 Å². The van der Waals surface area contributed by atoms with Crippen LogP contribution in [0.3, 0.4) is 0 Å². The predicted octanol–water partition coefficient (Wildman–Crippen LogP) is 2.93. The second-order valence-corrected chi connectivity index (χ2v) is 6.63. The normalized spacial score (nSPS) is 21.7. The standard InChI is InChI=1S/C20H26O4/c1-4-23-19(22)20(2,3)18(24-17-12-8-11-16(17)21)14-13-15-9-6-5-7-10-15/h5-7,9-10,16-18,21H,4,8,11-12H2,1-3H3/t16-,17+,18+/m1/s1. The van der Waals surface area contributed by atoms with Gasteiger partial charge in [0.25, 0.3) is 0 Å². The number of aliphatic hydroxyl groups excluding tert-OH is 1. The second kappa shape index (κ2) is 8.32. The highest BCUT2D eigenvalue weighted by Gasteiger charge is 2.41. The number of hydrogen-bond acceptors (Lipinski definition) is 4. The number of aliphatic hydroxyl groups is 1. The molecule has 1 saturated carbocycles. The van der Waals surface area contributed by atoms with Gasteiger partial charge >= 0.3 is 5.97 Å². The molecule has 0 heterocycles. The minimum Gasteiger partial charge on any atom is -0.465 e. The maximum atomic E-state index is 12.3. The molecule has 0 unspecified atom stereocenters. The van der Waals surface area contributed by atoms with Crippen molar-refractivity contribution in [2.45, 2.75) is 58.3 Å². The van der Waals surface area contributed by atoms with E-state index in [0.717, 1.165) is 24.8 Å². The first-order valence-corrected chi connectivity index (χ1v) is 8.52. The van der Waals surface area contributed by atoms with Gasteiger partial charge in [-0.05, 0) is 52.2 Å². The quantitative estimate of drug-likeness (QED) is 0.666. The van der Waals surface area contributed by atoms with Crippen molar-refractivity contribution in [3.05, 3.63) is 35.9 Å². The van der Waals surface area contributed by atoms with Gasteiger partial charge in [-0.2, -0.15) is 0 Å². The van der Waals surface area contributed by atoms with Gasteiger partial charge < -0.3 is 14.6 Å². The summed E-state index contributed by atoms with van der Waals surface area (Å²) in [4.78, 5) is 12.3. The van der Waals surface area contributed by atoms with Gasteiger partial charge in [0.2, 0.25) is 0 Å². The van der Waals surface area contributed by atoms with Crippen LogP contribution in [0, 0.1) is 17.3 Å². The lowest BCUT2D eigenvalue weighted by molar-refractivity contribution is -0.164. The molecule has 0 spiro atoms. The molecule has 0 radical (unpaired) electrons. The number of esters is 1. The molecule has 1 aromatic rings. The van der Waals surface area contributed by atoms with Crippen LogP contribution in [0.1, 0.15) is 45.6 Å². The van der Waals surface area contributed by atoms with Gasteiger partial charge in [-0.25, -0.2) is 0 Å². The highest BCUT2D eigenvalue weighted by atomic mass is 16.5. The first-order chi connectivity index (χ1) is 11.4. The number of rotatable bonds is 5. The van der Waals surface area contributed by atoms with E-state index in [4.69, 9.17) is 9.47 Å². The Kier molecular flexibility index (Phi) is 6.42. The molecule has 1 aromatic carbocycles. The predicted molar refractivity (Wildman–Crippen MR) is 92.3 cm³/mol. The Balaban J connectivity index is 2.23. The van der Waals surface area contributed by atoms with E-state index in [1.807, 2.05) is 30.3 Å². The molecule has 130 valence electrons. The van der Waals surface area contributed by atoms with Gasteiger partial charge in [0.05, 0.1) is 24.2 Å². The third-order valence-electron chi connectivity index (χ3n) is 4.31. The van der Waals surface area contributed by atoms with Gasteiger partial charge in [0, 0.05) is 5.56 Å². The monoisotopic (exact) mass is 330 g/mol. The fraction of sp³-hybridized carbons (Fsp3) is 0.550. The van der Waals surface area contributed by atoms with E-state index in [1.165, 1.54) is 0 Å². The minimum absolute atomic E-state index is 0.284. The summed E-state index contributed by atoms with van der Waals surface area (Å²) in [5.74, 6) is 5.81. The molecule has 0 amide bonds. The lowest BCUT2D eigenvalue weighted by Gasteiger charge is -2.31. The average Bonchev–Trinajstić information content (AvgIpc) is 2.97. The van der Waals surface area contributed by atoms with E-state index in [9.17, 15) is 9.90 Å². The lowest BCUT2D eigenvalue weighted by Crippen LogP contribution is -2.43. The fourth-order valence-electron chi connectivity index (χ4n) is 2.72. The van der Waals surface area contributed by atoms with Gasteiger partial charge in [-0.3, -0.25) is 4.79 Å². The van der Waals surface area contributed by atoms with Crippen molar-refractivity contribution in [3.63, 3.8) is 0 Å². The van der Waals surface area contributed by atoms with E-state index >= 15 is 0 Å². The Hall–Kier alpha value is -1.83. The van der Waals surface area contributed by atoms with Crippen LogP contribution in [0.2, 0.25) is 0 Å². The Morgan fingerprint density at radius 3 is 2.62 bits per heavy atom. The summed E-state index contributed by atoms with van der Waals surface area (Å²) in [6.07, 6.45) is 1.00. The molecule has 24 heavy (non-hydrogen) atoms. The number of ether oxygens (including phenoxy) is 2. The molecule has 1 aliphatic rings. The molecule has 4 nitrogen and oxygen atoms in total. The molecule has 0 saturated heterocycles. The molecular weight excluding hydrogens is 304 g/mol. The molecule has 3 atom stereocenters. The first kappa shape index (κ1) is 18.5. The molecule has 0 bridgehead atoms. The van der Waals surface area contributed by atoms with Crippen LogP contribution in [-0.4, -0.2) is 36.0 Å². The highest BCUT2D eigenvalue weighted by molar-refractivity contribution is 5.77. The maximum Gasteiger partial charge on any atom is 0.315 e. The van der Waals surface area contributed by atoms with Gasteiger partial charge in [0.1, 0.15) is 6.10 Å². The van der Waals surface area contributed by atoms with Crippen LogP contribution in [0.5, 0.6) is 0 Å². The Labute approximate surface area is 144 Å². The van der Waals surface area contributed by atoms with Crippen molar-refractivity contribution in [1.29, 1.82) is 0 Å². The molecule has 1 aliphatic carbocycles. The zero-order valence-electron chi connectivity index (χ0n) is 14.6. The van der Waals surface area contributed by atoms with Crippen LogP contribution in [-0.2, 0) is 14.3 Å². The second-order valence-electron chi connectivity index (χ2n) is 6.63. The zero-order chi connectivity index (χ0) is 17.6. The van der Waals surface area contributed by atoms with Crippen molar-refractivity contribution in [2.75, 3.05) is 6.61 Å². The maximum absolute atomic E-state index is 12.3. The Morgan fingerprint density at radius 1 is 1.33 bits per heavy atom. The molecule has 1 N–H and O–H groups in total. The summed E-state index contributed by atoms with van der Waals surface area (Å²) in [6, 6.07) is 9.57. The number of hydrogen-bond donors (Lipinski definition) is 1. The summed E-state index contributed by atoms with van der Waals surface area (Å²) < 4.78 is 11.2. The molecule has 1 fully saturated rings. The summed E-state index contributed by atoms with van der Waals surface area (Å²) >= 11 is 0. The summed E-state index contributed by atoms with van der Waals surface area (Å²) in [7, 11) is 0. The lowest BCUT2D eigenvalue weighted by atomic mass is 9.86. The van der Waals surface area contributed by atoms with Crippen molar-refractivity contribution in [2.24, 2.45) is 5.41 Å². The number of carbonyl (C=O) groups is 1.